The van der Waals surface area contributed by atoms with Crippen LogP contribution in [0.25, 0.3) is 17.1 Å². The molecule has 0 spiro atoms. The van der Waals surface area contributed by atoms with Gasteiger partial charge in [0.25, 0.3) is 0 Å². The van der Waals surface area contributed by atoms with Gasteiger partial charge in [-0.05, 0) is 48.5 Å². The van der Waals surface area contributed by atoms with Gasteiger partial charge in [0.05, 0.1) is 10.8 Å². The molecule has 0 fully saturated rings. The lowest BCUT2D eigenvalue weighted by atomic mass is 10.1. The van der Waals surface area contributed by atoms with E-state index in [1.807, 2.05) is 41.0 Å². The SMILES string of the molecule is O=C(CSc1nnc(-c2cccnc2)n1-c1ccc(Br)cc1)c1ccccc1Cl. The maximum Gasteiger partial charge on any atom is 0.196 e. The normalized spacial score (nSPS) is 10.8. The standard InChI is InChI=1S/C21H14BrClN4OS/c22-15-7-9-16(10-8-15)27-20(14-4-3-11-24-12-14)25-26-21(27)29-13-19(28)17-5-1-2-6-18(17)23/h1-12H,13H2. The first-order valence-electron chi connectivity index (χ1n) is 8.66. The summed E-state index contributed by atoms with van der Waals surface area (Å²) in [5.74, 6) is 0.799. The summed E-state index contributed by atoms with van der Waals surface area (Å²) in [5.41, 5.74) is 2.24. The highest BCUT2D eigenvalue weighted by Crippen LogP contribution is 2.29. The molecule has 0 saturated heterocycles. The monoisotopic (exact) mass is 484 g/mol. The van der Waals surface area contributed by atoms with E-state index in [2.05, 4.69) is 31.1 Å². The molecule has 0 aliphatic rings. The Kier molecular flexibility index (Phi) is 6.08. The molecule has 5 nitrogen and oxygen atoms in total. The molecular formula is C21H14BrClN4OS. The van der Waals surface area contributed by atoms with Crippen molar-refractivity contribution < 1.29 is 4.79 Å². The van der Waals surface area contributed by atoms with Gasteiger partial charge in [-0.2, -0.15) is 0 Å². The molecule has 2 aromatic heterocycles. The number of carbonyl (C=O) groups is 1. The Bertz CT molecular complexity index is 1150. The molecular weight excluding hydrogens is 472 g/mol. The fraction of sp³-hybridized carbons (Fsp3) is 0.0476. The number of halogens is 2. The number of hydrogen-bond acceptors (Lipinski definition) is 5. The molecule has 0 bridgehead atoms. The third kappa shape index (κ3) is 4.42. The molecule has 0 atom stereocenters. The van der Waals surface area contributed by atoms with Crippen LogP contribution in [0.1, 0.15) is 10.4 Å². The van der Waals surface area contributed by atoms with Crippen molar-refractivity contribution in [3.63, 3.8) is 0 Å². The Morgan fingerprint density at radius 3 is 2.55 bits per heavy atom. The fourth-order valence-corrected chi connectivity index (χ4v) is 4.10. The molecule has 2 heterocycles. The number of rotatable bonds is 6. The highest BCUT2D eigenvalue weighted by atomic mass is 79.9. The van der Waals surface area contributed by atoms with E-state index < -0.39 is 0 Å². The number of hydrogen-bond donors (Lipinski definition) is 0. The molecule has 0 aliphatic heterocycles. The van der Waals surface area contributed by atoms with Crippen molar-refractivity contribution in [2.45, 2.75) is 5.16 Å². The number of thioether (sulfide) groups is 1. The molecule has 29 heavy (non-hydrogen) atoms. The quantitative estimate of drug-likeness (QED) is 0.258. The predicted molar refractivity (Wildman–Crippen MR) is 119 cm³/mol. The summed E-state index contributed by atoms with van der Waals surface area (Å²) < 4.78 is 2.90. The number of aromatic nitrogens is 4. The van der Waals surface area contributed by atoms with Crippen LogP contribution < -0.4 is 0 Å². The average Bonchev–Trinajstić information content (AvgIpc) is 3.17. The Morgan fingerprint density at radius 1 is 1.03 bits per heavy atom. The molecule has 4 aromatic rings. The third-order valence-corrected chi connectivity index (χ3v) is 5.93. The van der Waals surface area contributed by atoms with Crippen molar-refractivity contribution in [1.82, 2.24) is 19.7 Å². The Labute approximate surface area is 185 Å². The minimum atomic E-state index is -0.0612. The summed E-state index contributed by atoms with van der Waals surface area (Å²) in [7, 11) is 0. The first kappa shape index (κ1) is 19.8. The summed E-state index contributed by atoms with van der Waals surface area (Å²) in [6.07, 6.45) is 3.45. The summed E-state index contributed by atoms with van der Waals surface area (Å²) in [6.45, 7) is 0. The zero-order chi connectivity index (χ0) is 20.2. The molecule has 0 radical (unpaired) electrons. The van der Waals surface area contributed by atoms with Crippen LogP contribution in [0.5, 0.6) is 0 Å². The van der Waals surface area contributed by atoms with Gasteiger partial charge in [0.15, 0.2) is 16.8 Å². The molecule has 144 valence electrons. The minimum Gasteiger partial charge on any atom is -0.293 e. The molecule has 2 aromatic carbocycles. The minimum absolute atomic E-state index is 0.0612. The molecule has 0 saturated carbocycles. The third-order valence-electron chi connectivity index (χ3n) is 4.14. The number of pyridine rings is 1. The molecule has 0 unspecified atom stereocenters. The second kappa shape index (κ2) is 8.90. The van der Waals surface area contributed by atoms with Crippen LogP contribution in [-0.4, -0.2) is 31.3 Å². The smallest absolute Gasteiger partial charge is 0.196 e. The lowest BCUT2D eigenvalue weighted by Crippen LogP contribution is -2.05. The van der Waals surface area contributed by atoms with Gasteiger partial charge in [0.1, 0.15) is 0 Å². The first-order chi connectivity index (χ1) is 14.1. The molecule has 4 rings (SSSR count). The van der Waals surface area contributed by atoms with Crippen LogP contribution in [0.15, 0.2) is 82.7 Å². The molecule has 0 N–H and O–H groups in total. The first-order valence-corrected chi connectivity index (χ1v) is 10.8. The van der Waals surface area contributed by atoms with Gasteiger partial charge in [0.2, 0.25) is 0 Å². The van der Waals surface area contributed by atoms with E-state index in [1.165, 1.54) is 11.8 Å². The second-order valence-electron chi connectivity index (χ2n) is 6.05. The van der Waals surface area contributed by atoms with Gasteiger partial charge in [-0.25, -0.2) is 0 Å². The molecule has 8 heteroatoms. The maximum absolute atomic E-state index is 12.6. The Morgan fingerprint density at radius 2 is 1.83 bits per heavy atom. The topological polar surface area (TPSA) is 60.7 Å². The van der Waals surface area contributed by atoms with Crippen molar-refractivity contribution in [3.05, 3.63) is 88.1 Å². The highest BCUT2D eigenvalue weighted by Gasteiger charge is 2.18. The van der Waals surface area contributed by atoms with Crippen molar-refractivity contribution in [1.29, 1.82) is 0 Å². The zero-order valence-electron chi connectivity index (χ0n) is 15.0. The Balaban J connectivity index is 1.68. The van der Waals surface area contributed by atoms with Crippen LogP contribution in [0, 0.1) is 0 Å². The Hall–Kier alpha value is -2.48. The van der Waals surface area contributed by atoms with Crippen molar-refractivity contribution in [3.8, 4) is 17.1 Å². The van der Waals surface area contributed by atoms with E-state index in [9.17, 15) is 4.79 Å². The van der Waals surface area contributed by atoms with Gasteiger partial charge in [-0.1, -0.05) is 51.4 Å². The number of ketones is 1. The van der Waals surface area contributed by atoms with E-state index in [4.69, 9.17) is 11.6 Å². The lowest BCUT2D eigenvalue weighted by molar-refractivity contribution is 0.102. The van der Waals surface area contributed by atoms with Crippen molar-refractivity contribution >= 4 is 45.1 Å². The molecule has 0 aliphatic carbocycles. The van der Waals surface area contributed by atoms with Crippen LogP contribution in [-0.2, 0) is 0 Å². The van der Waals surface area contributed by atoms with Gasteiger partial charge in [0, 0.05) is 33.7 Å². The van der Waals surface area contributed by atoms with Gasteiger partial charge < -0.3 is 0 Å². The number of carbonyl (C=O) groups excluding carboxylic acids is 1. The summed E-state index contributed by atoms with van der Waals surface area (Å²) in [5, 5.41) is 9.75. The van der Waals surface area contributed by atoms with E-state index >= 15 is 0 Å². The van der Waals surface area contributed by atoms with Gasteiger partial charge in [-0.3, -0.25) is 14.3 Å². The summed E-state index contributed by atoms with van der Waals surface area (Å²) >= 11 is 10.9. The zero-order valence-corrected chi connectivity index (χ0v) is 18.2. The van der Waals surface area contributed by atoms with Crippen LogP contribution in [0.2, 0.25) is 5.02 Å². The predicted octanol–water partition coefficient (Wildman–Crippen LogP) is 5.72. The summed E-state index contributed by atoms with van der Waals surface area (Å²) in [4.78, 5) is 16.8. The van der Waals surface area contributed by atoms with E-state index in [1.54, 1.807) is 36.7 Å². The second-order valence-corrected chi connectivity index (χ2v) is 8.32. The van der Waals surface area contributed by atoms with Gasteiger partial charge in [-0.15, -0.1) is 10.2 Å². The highest BCUT2D eigenvalue weighted by molar-refractivity contribution is 9.10. The number of benzene rings is 2. The van der Waals surface area contributed by atoms with Crippen molar-refractivity contribution in [2.75, 3.05) is 5.75 Å². The van der Waals surface area contributed by atoms with Crippen LogP contribution >= 0.6 is 39.3 Å². The van der Waals surface area contributed by atoms with E-state index in [0.29, 0.717) is 21.6 Å². The largest absolute Gasteiger partial charge is 0.293 e. The number of nitrogens with zero attached hydrogens (tertiary/aromatic N) is 4. The summed E-state index contributed by atoms with van der Waals surface area (Å²) in [6, 6.07) is 18.7. The van der Waals surface area contributed by atoms with E-state index in [0.717, 1.165) is 15.7 Å². The van der Waals surface area contributed by atoms with Crippen LogP contribution in [0.4, 0.5) is 0 Å². The maximum atomic E-state index is 12.6. The number of Topliss-reactive ketones (excluding diaryl/α,β-unsaturated/α-hetero) is 1. The fourth-order valence-electron chi connectivity index (χ4n) is 2.76. The average molecular weight is 486 g/mol. The molecule has 0 amide bonds. The lowest BCUT2D eigenvalue weighted by Gasteiger charge is -2.10. The van der Waals surface area contributed by atoms with Crippen molar-refractivity contribution in [2.24, 2.45) is 0 Å². The van der Waals surface area contributed by atoms with E-state index in [-0.39, 0.29) is 11.5 Å². The van der Waals surface area contributed by atoms with Gasteiger partial charge >= 0.3 is 0 Å². The van der Waals surface area contributed by atoms with Crippen LogP contribution in [0.3, 0.4) is 0 Å².